The van der Waals surface area contributed by atoms with Gasteiger partial charge in [-0.15, -0.1) is 0 Å². The van der Waals surface area contributed by atoms with E-state index in [1.54, 1.807) is 0 Å². The molecule has 2 N–H and O–H groups in total. The lowest BCUT2D eigenvalue weighted by atomic mass is 9.98. The number of rotatable bonds is 19. The minimum atomic E-state index is -0.0134. The highest BCUT2D eigenvalue weighted by molar-refractivity contribution is 5.79. The first-order valence-corrected chi connectivity index (χ1v) is 12.2. The van der Waals surface area contributed by atoms with E-state index in [1.807, 2.05) is 13.8 Å². The van der Waals surface area contributed by atoms with Crippen molar-refractivity contribution in [3.8, 4) is 0 Å². The fourth-order valence-corrected chi connectivity index (χ4v) is 3.39. The topological polar surface area (TPSA) is 76.7 Å². The molecule has 0 saturated heterocycles. The number of nitrogens with one attached hydrogen (secondary N) is 2. The summed E-state index contributed by atoms with van der Waals surface area (Å²) in [5, 5.41) is 6.10. The van der Waals surface area contributed by atoms with Crippen LogP contribution in [0.5, 0.6) is 0 Å². The highest BCUT2D eigenvalue weighted by atomic mass is 16.5. The summed E-state index contributed by atoms with van der Waals surface area (Å²) in [6.45, 7) is 14.2. The highest BCUT2D eigenvalue weighted by Gasteiger charge is 2.18. The van der Waals surface area contributed by atoms with Gasteiger partial charge in [0.1, 0.15) is 0 Å². The zero-order chi connectivity index (χ0) is 22.8. The van der Waals surface area contributed by atoms with E-state index in [4.69, 9.17) is 9.47 Å². The third kappa shape index (κ3) is 14.0. The molecule has 0 aliphatic carbocycles. The zero-order valence-electron chi connectivity index (χ0n) is 20.4. The normalized spacial score (nSPS) is 15.3. The maximum absolute atomic E-state index is 12.3. The van der Waals surface area contributed by atoms with E-state index in [1.165, 1.54) is 0 Å². The number of unbranched alkanes of at least 4 members (excludes halogenated alkanes) is 2. The summed E-state index contributed by atoms with van der Waals surface area (Å²) in [5.74, 6) is 0.461. The minimum Gasteiger partial charge on any atom is -0.377 e. The van der Waals surface area contributed by atoms with Crippen LogP contribution in [0.1, 0.15) is 92.9 Å². The van der Waals surface area contributed by atoms with Crippen molar-refractivity contribution in [1.82, 2.24) is 10.6 Å². The number of hydrogen-bond donors (Lipinski definition) is 2. The Labute approximate surface area is 185 Å². The molecular weight excluding hydrogens is 380 g/mol. The lowest BCUT2D eigenvalue weighted by Gasteiger charge is -2.20. The van der Waals surface area contributed by atoms with Crippen molar-refractivity contribution < 1.29 is 19.1 Å². The van der Waals surface area contributed by atoms with E-state index < -0.39 is 0 Å². The highest BCUT2D eigenvalue weighted by Crippen LogP contribution is 2.13. The molecule has 0 aliphatic rings. The maximum atomic E-state index is 12.3. The van der Waals surface area contributed by atoms with E-state index >= 15 is 0 Å². The quantitative estimate of drug-likeness (QED) is 0.298. The van der Waals surface area contributed by atoms with Gasteiger partial charge in [0.25, 0.3) is 0 Å². The average molecular weight is 429 g/mol. The third-order valence-electron chi connectivity index (χ3n) is 5.42. The van der Waals surface area contributed by atoms with Crippen molar-refractivity contribution in [2.24, 2.45) is 11.8 Å². The van der Waals surface area contributed by atoms with Crippen molar-refractivity contribution in [2.75, 3.05) is 26.4 Å². The Kier molecular flexibility index (Phi) is 17.9. The lowest BCUT2D eigenvalue weighted by Crippen LogP contribution is -2.40. The van der Waals surface area contributed by atoms with Crippen molar-refractivity contribution in [1.29, 1.82) is 0 Å². The second kappa shape index (κ2) is 18.6. The fourth-order valence-electron chi connectivity index (χ4n) is 3.39. The molecule has 6 heteroatoms. The summed E-state index contributed by atoms with van der Waals surface area (Å²) in [6, 6.07) is -0.0269. The molecule has 0 spiro atoms. The van der Waals surface area contributed by atoms with Crippen LogP contribution in [0.3, 0.4) is 0 Å². The molecule has 0 fully saturated rings. The molecule has 0 bridgehead atoms. The molecule has 4 atom stereocenters. The summed E-state index contributed by atoms with van der Waals surface area (Å²) in [5.41, 5.74) is 0. The van der Waals surface area contributed by atoms with Gasteiger partial charge in [-0.1, -0.05) is 53.4 Å². The molecular formula is C24H48N2O4. The Hall–Kier alpha value is -1.14. The Balaban J connectivity index is 3.89. The Bertz CT molecular complexity index is 405. The van der Waals surface area contributed by atoms with Gasteiger partial charge in [0.2, 0.25) is 11.8 Å². The van der Waals surface area contributed by atoms with Crippen molar-refractivity contribution in [3.05, 3.63) is 0 Å². The average Bonchev–Trinajstić information content (AvgIpc) is 2.71. The number of hydrogen-bond acceptors (Lipinski definition) is 4. The molecule has 0 saturated carbocycles. The van der Waals surface area contributed by atoms with Crippen LogP contribution in [0.25, 0.3) is 0 Å². The maximum Gasteiger partial charge on any atom is 0.223 e. The van der Waals surface area contributed by atoms with E-state index in [0.717, 1.165) is 51.4 Å². The zero-order valence-corrected chi connectivity index (χ0v) is 20.4. The van der Waals surface area contributed by atoms with Gasteiger partial charge in [0, 0.05) is 23.9 Å². The summed E-state index contributed by atoms with van der Waals surface area (Å²) in [6.07, 6.45) is 8.06. The van der Waals surface area contributed by atoms with Crippen LogP contribution in [-0.2, 0) is 19.1 Å². The van der Waals surface area contributed by atoms with E-state index in [2.05, 4.69) is 38.3 Å². The Morgan fingerprint density at radius 2 is 1.07 bits per heavy atom. The predicted octanol–water partition coefficient (Wildman–Crippen LogP) is 4.46. The number of amides is 2. The van der Waals surface area contributed by atoms with Crippen LogP contribution >= 0.6 is 0 Å². The second-order valence-electron chi connectivity index (χ2n) is 8.46. The van der Waals surface area contributed by atoms with E-state index in [-0.39, 0.29) is 35.7 Å². The van der Waals surface area contributed by atoms with Crippen LogP contribution in [0.2, 0.25) is 0 Å². The molecule has 4 unspecified atom stereocenters. The van der Waals surface area contributed by atoms with Gasteiger partial charge < -0.3 is 20.1 Å². The van der Waals surface area contributed by atoms with Crippen LogP contribution < -0.4 is 10.6 Å². The first-order valence-electron chi connectivity index (χ1n) is 12.2. The molecule has 0 radical (unpaired) electrons. The van der Waals surface area contributed by atoms with Crippen LogP contribution in [0, 0.1) is 11.8 Å². The number of ether oxygens (including phenoxy) is 2. The van der Waals surface area contributed by atoms with Crippen molar-refractivity contribution in [2.45, 2.75) is 105 Å². The molecule has 30 heavy (non-hydrogen) atoms. The van der Waals surface area contributed by atoms with Crippen LogP contribution in [0.4, 0.5) is 0 Å². The molecule has 0 rings (SSSR count). The van der Waals surface area contributed by atoms with Gasteiger partial charge in [-0.25, -0.2) is 0 Å². The van der Waals surface area contributed by atoms with Gasteiger partial charge >= 0.3 is 0 Å². The summed E-state index contributed by atoms with van der Waals surface area (Å²) in [4.78, 5) is 24.6. The number of carbonyl (C=O) groups excluding carboxylic acids is 2. The lowest BCUT2D eigenvalue weighted by molar-refractivity contribution is -0.127. The van der Waals surface area contributed by atoms with Crippen molar-refractivity contribution in [3.63, 3.8) is 0 Å². The molecule has 2 amide bonds. The molecule has 6 nitrogen and oxygen atoms in total. The first kappa shape index (κ1) is 28.9. The second-order valence-corrected chi connectivity index (χ2v) is 8.46. The summed E-state index contributed by atoms with van der Waals surface area (Å²) >= 11 is 0. The molecule has 0 aromatic heterocycles. The summed E-state index contributed by atoms with van der Waals surface area (Å²) < 4.78 is 11.3. The minimum absolute atomic E-state index is 0.0134. The van der Waals surface area contributed by atoms with E-state index in [9.17, 15) is 9.59 Å². The fraction of sp³-hybridized carbons (Fsp3) is 0.917. The van der Waals surface area contributed by atoms with Gasteiger partial charge in [0.15, 0.2) is 0 Å². The molecule has 0 aliphatic heterocycles. The molecule has 0 heterocycles. The molecule has 178 valence electrons. The SMILES string of the molecule is CCCCC(CC)C(=O)NC(C)COCCOCC(C)NC(=O)C(CC)CCCC. The molecule has 0 aromatic carbocycles. The van der Waals surface area contributed by atoms with Gasteiger partial charge in [-0.05, 0) is 39.5 Å². The monoisotopic (exact) mass is 428 g/mol. The Morgan fingerprint density at radius 1 is 0.700 bits per heavy atom. The largest absolute Gasteiger partial charge is 0.377 e. The van der Waals surface area contributed by atoms with Gasteiger partial charge in [-0.2, -0.15) is 0 Å². The van der Waals surface area contributed by atoms with Crippen molar-refractivity contribution >= 4 is 11.8 Å². The number of carbonyl (C=O) groups is 2. The third-order valence-corrected chi connectivity index (χ3v) is 5.42. The first-order chi connectivity index (χ1) is 14.4. The van der Waals surface area contributed by atoms with E-state index in [0.29, 0.717) is 26.4 Å². The molecule has 0 aromatic rings. The summed E-state index contributed by atoms with van der Waals surface area (Å²) in [7, 11) is 0. The van der Waals surface area contributed by atoms with Gasteiger partial charge in [-0.3, -0.25) is 9.59 Å². The Morgan fingerprint density at radius 3 is 1.37 bits per heavy atom. The van der Waals surface area contributed by atoms with Crippen LogP contribution in [-0.4, -0.2) is 50.3 Å². The predicted molar refractivity (Wildman–Crippen MR) is 123 cm³/mol. The van der Waals surface area contributed by atoms with Gasteiger partial charge in [0.05, 0.1) is 26.4 Å². The van der Waals surface area contributed by atoms with Crippen LogP contribution in [0.15, 0.2) is 0 Å². The standard InChI is InChI=1S/C24H48N2O4/c1-7-11-13-21(9-3)23(27)25-19(5)17-29-15-16-30-18-20(6)26-24(28)22(10-4)14-12-8-2/h19-22H,7-18H2,1-6H3,(H,25,27)(H,26,28). The smallest absolute Gasteiger partial charge is 0.223 e.